The molecule has 0 N–H and O–H groups in total. The van der Waals surface area contributed by atoms with Crippen LogP contribution in [0.15, 0.2) is 83.8 Å². The molecule has 3 aromatic rings. The summed E-state index contributed by atoms with van der Waals surface area (Å²) in [4.78, 5) is 15.4. The van der Waals surface area contributed by atoms with Gasteiger partial charge < -0.3 is 4.90 Å². The Balaban J connectivity index is 1.26. The smallest absolute Gasteiger partial charge is 0.264 e. The Morgan fingerprint density at radius 1 is 0.848 bits per heavy atom. The summed E-state index contributed by atoms with van der Waals surface area (Å²) >= 11 is 0. The van der Waals surface area contributed by atoms with Crippen molar-refractivity contribution in [1.82, 2.24) is 4.90 Å². The molecule has 0 spiro atoms. The minimum atomic E-state index is -3.60. The number of carbonyl (C=O) groups is 1. The molecule has 0 atom stereocenters. The second-order valence-corrected chi connectivity index (χ2v) is 10.8. The first-order valence-electron chi connectivity index (χ1n) is 11.6. The summed E-state index contributed by atoms with van der Waals surface area (Å²) in [6, 6.07) is 24.5. The third kappa shape index (κ3) is 4.40. The normalized spacial score (nSPS) is 16.6. The van der Waals surface area contributed by atoms with Crippen LogP contribution in [0.5, 0.6) is 0 Å². The highest BCUT2D eigenvalue weighted by atomic mass is 32.2. The lowest BCUT2D eigenvalue weighted by Gasteiger charge is -2.32. The Bertz CT molecular complexity index is 1230. The van der Waals surface area contributed by atoms with Crippen molar-refractivity contribution in [1.29, 1.82) is 0 Å². The minimum absolute atomic E-state index is 0.0420. The maximum Gasteiger partial charge on any atom is 0.264 e. The molecule has 1 saturated heterocycles. The number of amides is 1. The SMILES string of the molecule is O=C(c1ccc2c(c1)CCN2S(=O)(=O)c1ccccc1)N1CCC(Cc2ccccc2)CC1. The highest BCUT2D eigenvalue weighted by molar-refractivity contribution is 7.92. The predicted octanol–water partition coefficient (Wildman–Crippen LogP) is 4.53. The highest BCUT2D eigenvalue weighted by Gasteiger charge is 2.32. The minimum Gasteiger partial charge on any atom is -0.339 e. The number of rotatable bonds is 5. The number of anilines is 1. The molecule has 0 aliphatic carbocycles. The van der Waals surface area contributed by atoms with Crippen molar-refractivity contribution >= 4 is 21.6 Å². The number of carbonyl (C=O) groups excluding carboxylic acids is 1. The predicted molar refractivity (Wildman–Crippen MR) is 130 cm³/mol. The molecule has 0 radical (unpaired) electrons. The van der Waals surface area contributed by atoms with E-state index >= 15 is 0 Å². The summed E-state index contributed by atoms with van der Waals surface area (Å²) in [5, 5.41) is 0. The molecule has 0 saturated carbocycles. The van der Waals surface area contributed by atoms with Gasteiger partial charge in [-0.1, -0.05) is 48.5 Å². The molecule has 0 bridgehead atoms. The average molecular weight is 461 g/mol. The average Bonchev–Trinajstić information content (AvgIpc) is 3.29. The largest absolute Gasteiger partial charge is 0.339 e. The summed E-state index contributed by atoms with van der Waals surface area (Å²) in [6.45, 7) is 1.93. The molecule has 1 fully saturated rings. The maximum absolute atomic E-state index is 13.2. The van der Waals surface area contributed by atoms with Gasteiger partial charge in [0.15, 0.2) is 0 Å². The lowest BCUT2D eigenvalue weighted by Crippen LogP contribution is -2.39. The van der Waals surface area contributed by atoms with E-state index in [-0.39, 0.29) is 10.8 Å². The summed E-state index contributed by atoms with van der Waals surface area (Å²) < 4.78 is 27.6. The van der Waals surface area contributed by atoms with E-state index in [9.17, 15) is 13.2 Å². The standard InChI is InChI=1S/C27H28N2O3S/c30-27(28-16-13-22(14-17-28)19-21-7-3-1-4-8-21)24-11-12-26-23(20-24)15-18-29(26)33(31,32)25-9-5-2-6-10-25/h1-12,20,22H,13-19H2. The van der Waals surface area contributed by atoms with Crippen LogP contribution in [0.4, 0.5) is 5.69 Å². The van der Waals surface area contributed by atoms with Crippen LogP contribution in [0.1, 0.15) is 34.3 Å². The molecule has 170 valence electrons. The summed E-state index contributed by atoms with van der Waals surface area (Å²) in [7, 11) is -3.60. The highest BCUT2D eigenvalue weighted by Crippen LogP contribution is 2.34. The Morgan fingerprint density at radius 3 is 2.21 bits per heavy atom. The van der Waals surface area contributed by atoms with Crippen LogP contribution in [0, 0.1) is 5.92 Å². The van der Waals surface area contributed by atoms with Crippen LogP contribution in [-0.2, 0) is 22.9 Å². The van der Waals surface area contributed by atoms with Crippen LogP contribution >= 0.6 is 0 Å². The van der Waals surface area contributed by atoms with Gasteiger partial charge in [-0.25, -0.2) is 8.42 Å². The third-order valence-corrected chi connectivity index (χ3v) is 8.61. The first-order chi connectivity index (χ1) is 16.0. The number of hydrogen-bond acceptors (Lipinski definition) is 3. The second kappa shape index (κ2) is 9.02. The third-order valence-electron chi connectivity index (χ3n) is 6.78. The molecule has 5 nitrogen and oxygen atoms in total. The van der Waals surface area contributed by atoms with Crippen molar-refractivity contribution in [3.05, 3.63) is 95.6 Å². The molecule has 2 heterocycles. The second-order valence-electron chi connectivity index (χ2n) is 8.91. The molecule has 5 rings (SSSR count). The number of piperidine rings is 1. The maximum atomic E-state index is 13.2. The van der Waals surface area contributed by atoms with E-state index in [2.05, 4.69) is 24.3 Å². The zero-order valence-electron chi connectivity index (χ0n) is 18.6. The van der Waals surface area contributed by atoms with Crippen molar-refractivity contribution in [3.63, 3.8) is 0 Å². The van der Waals surface area contributed by atoms with Crippen molar-refractivity contribution in [2.75, 3.05) is 23.9 Å². The van der Waals surface area contributed by atoms with Crippen LogP contribution in [0.25, 0.3) is 0 Å². The molecule has 0 aromatic heterocycles. The molecule has 2 aliphatic heterocycles. The Labute approximate surface area is 195 Å². The first-order valence-corrected chi connectivity index (χ1v) is 13.0. The van der Waals surface area contributed by atoms with Gasteiger partial charge in [0, 0.05) is 25.2 Å². The van der Waals surface area contributed by atoms with Crippen molar-refractivity contribution in [2.24, 2.45) is 5.92 Å². The monoisotopic (exact) mass is 460 g/mol. The van der Waals surface area contributed by atoms with Gasteiger partial charge >= 0.3 is 0 Å². The fourth-order valence-corrected chi connectivity index (χ4v) is 6.47. The van der Waals surface area contributed by atoms with Gasteiger partial charge in [-0.15, -0.1) is 0 Å². The van der Waals surface area contributed by atoms with E-state index in [4.69, 9.17) is 0 Å². The molecule has 6 heteroatoms. The van der Waals surface area contributed by atoms with Gasteiger partial charge in [0.25, 0.3) is 15.9 Å². The fraction of sp³-hybridized carbons (Fsp3) is 0.296. The lowest BCUT2D eigenvalue weighted by atomic mass is 9.90. The van der Waals surface area contributed by atoms with Gasteiger partial charge in [-0.3, -0.25) is 9.10 Å². The van der Waals surface area contributed by atoms with Crippen LogP contribution in [-0.4, -0.2) is 38.9 Å². The number of likely N-dealkylation sites (tertiary alicyclic amines) is 1. The zero-order chi connectivity index (χ0) is 22.8. The number of hydrogen-bond donors (Lipinski definition) is 0. The Morgan fingerprint density at radius 2 is 1.52 bits per heavy atom. The van der Waals surface area contributed by atoms with Crippen molar-refractivity contribution < 1.29 is 13.2 Å². The van der Waals surface area contributed by atoms with E-state index < -0.39 is 10.0 Å². The van der Waals surface area contributed by atoms with Gasteiger partial charge in [-0.05, 0) is 73.1 Å². The van der Waals surface area contributed by atoms with E-state index in [0.717, 1.165) is 37.9 Å². The fourth-order valence-electron chi connectivity index (χ4n) is 4.94. The summed E-state index contributed by atoms with van der Waals surface area (Å²) in [5.41, 5.74) is 3.60. The molecular formula is C27H28N2O3S. The van der Waals surface area contributed by atoms with Crippen LogP contribution < -0.4 is 4.31 Å². The molecule has 33 heavy (non-hydrogen) atoms. The van der Waals surface area contributed by atoms with Gasteiger partial charge in [0.05, 0.1) is 10.6 Å². The number of benzene rings is 3. The molecule has 0 unspecified atom stereocenters. The van der Waals surface area contributed by atoms with Gasteiger partial charge in [0.2, 0.25) is 0 Å². The van der Waals surface area contributed by atoms with E-state index in [0.29, 0.717) is 30.1 Å². The van der Waals surface area contributed by atoms with Crippen LogP contribution in [0.3, 0.4) is 0 Å². The van der Waals surface area contributed by atoms with E-state index in [1.807, 2.05) is 17.0 Å². The van der Waals surface area contributed by atoms with Gasteiger partial charge in [0.1, 0.15) is 0 Å². The topological polar surface area (TPSA) is 57.7 Å². The summed E-state index contributed by atoms with van der Waals surface area (Å²) in [5.74, 6) is 0.647. The van der Waals surface area contributed by atoms with E-state index in [1.165, 1.54) is 9.87 Å². The zero-order valence-corrected chi connectivity index (χ0v) is 19.4. The quantitative estimate of drug-likeness (QED) is 0.562. The van der Waals surface area contributed by atoms with Gasteiger partial charge in [-0.2, -0.15) is 0 Å². The number of nitrogens with zero attached hydrogens (tertiary/aromatic N) is 2. The first kappa shape index (κ1) is 21.7. The molecular weight excluding hydrogens is 432 g/mol. The number of sulfonamides is 1. The Hall–Kier alpha value is -3.12. The van der Waals surface area contributed by atoms with Crippen molar-refractivity contribution in [2.45, 2.75) is 30.6 Å². The number of fused-ring (bicyclic) bond motifs is 1. The summed E-state index contributed by atoms with van der Waals surface area (Å²) in [6.07, 6.45) is 3.69. The van der Waals surface area contributed by atoms with E-state index in [1.54, 1.807) is 42.5 Å². The Kier molecular flexibility index (Phi) is 5.94. The van der Waals surface area contributed by atoms with Crippen molar-refractivity contribution in [3.8, 4) is 0 Å². The van der Waals surface area contributed by atoms with Crippen LogP contribution in [0.2, 0.25) is 0 Å². The molecule has 2 aliphatic rings. The molecule has 1 amide bonds. The molecule has 3 aromatic carbocycles. The lowest BCUT2D eigenvalue weighted by molar-refractivity contribution is 0.0690.